The molecule has 6 nitrogen and oxygen atoms in total. The molecule has 2 saturated heterocycles. The van der Waals surface area contributed by atoms with E-state index in [4.69, 9.17) is 4.74 Å². The smallest absolute Gasteiger partial charge is 0.410 e. The van der Waals surface area contributed by atoms with Gasteiger partial charge < -0.3 is 9.64 Å². The summed E-state index contributed by atoms with van der Waals surface area (Å²) in [6, 6.07) is 0. The van der Waals surface area contributed by atoms with Crippen LogP contribution in [0, 0.1) is 11.8 Å². The van der Waals surface area contributed by atoms with Gasteiger partial charge in [-0.2, -0.15) is 0 Å². The van der Waals surface area contributed by atoms with E-state index in [1.807, 2.05) is 0 Å². The van der Waals surface area contributed by atoms with Crippen molar-refractivity contribution in [2.75, 3.05) is 13.1 Å². The first-order valence-electron chi connectivity index (χ1n) is 6.09. The molecule has 3 amide bonds. The zero-order valence-electron chi connectivity index (χ0n) is 10.9. The third-order valence-electron chi connectivity index (χ3n) is 3.09. The number of amides is 3. The zero-order chi connectivity index (χ0) is 13.5. The Morgan fingerprint density at radius 3 is 2.17 bits per heavy atom. The number of ether oxygens (including phenoxy) is 1. The van der Waals surface area contributed by atoms with Gasteiger partial charge in [-0.1, -0.05) is 0 Å². The number of fused-ring (bicyclic) bond motifs is 2. The maximum atomic E-state index is 11.9. The average molecular weight is 254 g/mol. The number of nitrogens with zero attached hydrogens (tertiary/aromatic N) is 1. The number of hydrogen-bond donors (Lipinski definition) is 1. The molecule has 1 N–H and O–H groups in total. The van der Waals surface area contributed by atoms with E-state index in [0.717, 1.165) is 0 Å². The Hall–Kier alpha value is -1.59. The van der Waals surface area contributed by atoms with Gasteiger partial charge in [-0.25, -0.2) is 4.79 Å². The van der Waals surface area contributed by atoms with E-state index in [2.05, 4.69) is 5.32 Å². The van der Waals surface area contributed by atoms with E-state index in [1.54, 1.807) is 20.8 Å². The molecule has 0 aromatic heterocycles. The Balaban J connectivity index is 2.06. The number of rotatable bonds is 0. The fourth-order valence-corrected chi connectivity index (χ4v) is 2.28. The molecule has 0 unspecified atom stereocenters. The summed E-state index contributed by atoms with van der Waals surface area (Å²) in [6.07, 6.45) is 0.0731. The highest BCUT2D eigenvalue weighted by atomic mass is 16.6. The molecule has 0 radical (unpaired) electrons. The summed E-state index contributed by atoms with van der Waals surface area (Å²) in [5, 5.41) is 2.33. The summed E-state index contributed by atoms with van der Waals surface area (Å²) in [5.41, 5.74) is -0.574. The lowest BCUT2D eigenvalue weighted by molar-refractivity contribution is -0.143. The number of likely N-dealkylation sites (tertiary alicyclic amines) is 1. The van der Waals surface area contributed by atoms with Crippen LogP contribution in [0.2, 0.25) is 0 Å². The van der Waals surface area contributed by atoms with E-state index < -0.39 is 11.7 Å². The van der Waals surface area contributed by atoms with E-state index >= 15 is 0 Å². The van der Waals surface area contributed by atoms with E-state index in [9.17, 15) is 14.4 Å². The third-order valence-corrected chi connectivity index (χ3v) is 3.09. The van der Waals surface area contributed by atoms with Gasteiger partial charge in [0.15, 0.2) is 0 Å². The van der Waals surface area contributed by atoms with Crippen LogP contribution in [0.15, 0.2) is 0 Å². The highest BCUT2D eigenvalue weighted by Crippen LogP contribution is 2.27. The second-order valence-electron chi connectivity index (χ2n) is 5.87. The van der Waals surface area contributed by atoms with Gasteiger partial charge in [-0.05, 0) is 27.2 Å². The van der Waals surface area contributed by atoms with Crippen molar-refractivity contribution in [3.8, 4) is 0 Å². The first-order valence-corrected chi connectivity index (χ1v) is 6.09. The number of nitrogens with one attached hydrogen (secondary N) is 1. The van der Waals surface area contributed by atoms with Gasteiger partial charge in [-0.3, -0.25) is 14.9 Å². The lowest BCUT2D eigenvalue weighted by atomic mass is 9.85. The van der Waals surface area contributed by atoms with Gasteiger partial charge in [0.2, 0.25) is 11.8 Å². The van der Waals surface area contributed by atoms with Crippen LogP contribution in [-0.4, -0.2) is 41.5 Å². The predicted molar refractivity (Wildman–Crippen MR) is 62.6 cm³/mol. The van der Waals surface area contributed by atoms with Crippen molar-refractivity contribution in [2.45, 2.75) is 32.8 Å². The van der Waals surface area contributed by atoms with Gasteiger partial charge in [0, 0.05) is 13.1 Å². The van der Waals surface area contributed by atoms with Crippen LogP contribution < -0.4 is 5.32 Å². The minimum absolute atomic E-state index is 0.287. The molecule has 2 bridgehead atoms. The van der Waals surface area contributed by atoms with Crippen molar-refractivity contribution in [2.24, 2.45) is 11.8 Å². The van der Waals surface area contributed by atoms with Crippen LogP contribution in [-0.2, 0) is 14.3 Å². The van der Waals surface area contributed by atoms with Gasteiger partial charge >= 0.3 is 6.09 Å². The number of hydrogen-bond acceptors (Lipinski definition) is 4. The summed E-state index contributed by atoms with van der Waals surface area (Å²) >= 11 is 0. The van der Waals surface area contributed by atoms with Crippen LogP contribution >= 0.6 is 0 Å². The standard InChI is InChI=1S/C12H18N2O4/c1-12(2,3)18-11(17)14-5-7-4-8(6-14)10(16)13-9(7)15/h7-8H,4-6H2,1-3H3,(H,13,15,16)/t7-,8+. The quantitative estimate of drug-likeness (QED) is 0.639. The summed E-state index contributed by atoms with van der Waals surface area (Å²) in [6.45, 7) is 6.00. The normalized spacial score (nSPS) is 27.8. The van der Waals surface area contributed by atoms with Crippen molar-refractivity contribution >= 4 is 17.9 Å². The molecule has 100 valence electrons. The predicted octanol–water partition coefficient (Wildman–Crippen LogP) is 0.516. The Morgan fingerprint density at radius 2 is 1.72 bits per heavy atom. The largest absolute Gasteiger partial charge is 0.444 e. The van der Waals surface area contributed by atoms with Crippen molar-refractivity contribution in [3.05, 3.63) is 0 Å². The summed E-state index contributed by atoms with van der Waals surface area (Å²) < 4.78 is 5.26. The molecule has 0 spiro atoms. The van der Waals surface area contributed by atoms with Crippen molar-refractivity contribution < 1.29 is 19.1 Å². The van der Waals surface area contributed by atoms with Crippen LogP contribution in [0.5, 0.6) is 0 Å². The molecule has 2 atom stereocenters. The van der Waals surface area contributed by atoms with Gasteiger partial charge in [0.25, 0.3) is 0 Å². The number of piperidine rings is 2. The average Bonchev–Trinajstić information content (AvgIpc) is 2.24. The molecule has 6 heteroatoms. The fraction of sp³-hybridized carbons (Fsp3) is 0.750. The minimum Gasteiger partial charge on any atom is -0.444 e. The molecule has 18 heavy (non-hydrogen) atoms. The molecule has 2 rings (SSSR count). The SMILES string of the molecule is CC(C)(C)OC(=O)N1C[C@H]2C[C@@H](C1)C(=O)NC2=O. The van der Waals surface area contributed by atoms with Crippen LogP contribution in [0.3, 0.4) is 0 Å². The first-order chi connectivity index (χ1) is 8.26. The fourth-order valence-electron chi connectivity index (χ4n) is 2.28. The number of carbonyl (C=O) groups excluding carboxylic acids is 3. The molecule has 2 heterocycles. The summed E-state index contributed by atoms with van der Waals surface area (Å²) in [7, 11) is 0. The van der Waals surface area contributed by atoms with Crippen LogP contribution in [0.25, 0.3) is 0 Å². The lowest BCUT2D eigenvalue weighted by Gasteiger charge is -2.39. The van der Waals surface area contributed by atoms with Crippen LogP contribution in [0.1, 0.15) is 27.2 Å². The molecular weight excluding hydrogens is 236 g/mol. The summed E-state index contributed by atoms with van der Waals surface area (Å²) in [5.74, 6) is -1.17. The maximum absolute atomic E-state index is 11.9. The van der Waals surface area contributed by atoms with Gasteiger partial charge in [0.1, 0.15) is 5.60 Å². The van der Waals surface area contributed by atoms with E-state index in [1.165, 1.54) is 4.90 Å². The monoisotopic (exact) mass is 254 g/mol. The molecule has 2 fully saturated rings. The second kappa shape index (κ2) is 4.26. The second-order valence-corrected chi connectivity index (χ2v) is 5.87. The van der Waals surface area contributed by atoms with E-state index in [0.29, 0.717) is 19.5 Å². The topological polar surface area (TPSA) is 75.7 Å². The Morgan fingerprint density at radius 1 is 1.22 bits per heavy atom. The molecular formula is C12H18N2O4. The molecule has 0 aromatic carbocycles. The van der Waals surface area contributed by atoms with E-state index in [-0.39, 0.29) is 23.7 Å². The first kappa shape index (κ1) is 12.9. The Kier molecular flexibility index (Phi) is 3.04. The number of imide groups is 1. The van der Waals surface area contributed by atoms with Gasteiger partial charge in [0.05, 0.1) is 11.8 Å². The van der Waals surface area contributed by atoms with Crippen molar-refractivity contribution in [1.82, 2.24) is 10.2 Å². The molecule has 2 aliphatic heterocycles. The van der Waals surface area contributed by atoms with Gasteiger partial charge in [-0.15, -0.1) is 0 Å². The molecule has 0 saturated carbocycles. The molecule has 0 aliphatic carbocycles. The Labute approximate surface area is 106 Å². The molecule has 2 aliphatic rings. The highest BCUT2D eigenvalue weighted by Gasteiger charge is 2.42. The van der Waals surface area contributed by atoms with Crippen molar-refractivity contribution in [1.29, 1.82) is 0 Å². The lowest BCUT2D eigenvalue weighted by Crippen LogP contribution is -2.58. The minimum atomic E-state index is -0.574. The third kappa shape index (κ3) is 2.63. The van der Waals surface area contributed by atoms with Crippen molar-refractivity contribution in [3.63, 3.8) is 0 Å². The number of carbonyl (C=O) groups is 3. The zero-order valence-corrected chi connectivity index (χ0v) is 10.9. The highest BCUT2D eigenvalue weighted by molar-refractivity contribution is 6.00. The Bertz CT molecular complexity index is 377. The maximum Gasteiger partial charge on any atom is 0.410 e. The molecule has 0 aromatic rings. The van der Waals surface area contributed by atoms with Crippen LogP contribution in [0.4, 0.5) is 4.79 Å². The summed E-state index contributed by atoms with van der Waals surface area (Å²) in [4.78, 5) is 36.5.